The predicted molar refractivity (Wildman–Crippen MR) is 67.8 cm³/mol. The number of carbonyl (C=O) groups excluding carboxylic acids is 2. The van der Waals surface area contributed by atoms with Crippen molar-refractivity contribution in [2.45, 2.75) is 19.4 Å². The second-order valence-corrected chi connectivity index (χ2v) is 4.78. The largest absolute Gasteiger partial charge is 0.457 e. The number of benzene rings is 1. The van der Waals surface area contributed by atoms with Crippen molar-refractivity contribution in [2.24, 2.45) is 5.73 Å². The van der Waals surface area contributed by atoms with E-state index in [1.165, 1.54) is 13.0 Å². The van der Waals surface area contributed by atoms with Crippen molar-refractivity contribution in [1.82, 2.24) is 0 Å². The fraction of sp³-hybridized carbons (Fsp3) is 0.231. The van der Waals surface area contributed by atoms with Crippen LogP contribution in [0.1, 0.15) is 19.4 Å². The monoisotopic (exact) mass is 299 g/mol. The first-order valence-electron chi connectivity index (χ1n) is 5.63. The minimum atomic E-state index is -1.63. The summed E-state index contributed by atoms with van der Waals surface area (Å²) in [7, 11) is 0. The fourth-order valence-electron chi connectivity index (χ4n) is 1.92. The quantitative estimate of drug-likeness (QED) is 0.845. The Morgan fingerprint density at radius 3 is 2.75 bits per heavy atom. The van der Waals surface area contributed by atoms with Crippen molar-refractivity contribution in [3.63, 3.8) is 0 Å². The maximum Gasteiger partial charge on any atom is 0.308 e. The molecular formula is C13H11ClFNO4. The van der Waals surface area contributed by atoms with Crippen LogP contribution in [0.2, 0.25) is 5.02 Å². The molecule has 5 nitrogen and oxygen atoms in total. The average Bonchev–Trinajstić information content (AvgIpc) is 2.56. The van der Waals surface area contributed by atoms with Crippen LogP contribution in [-0.4, -0.2) is 11.8 Å². The molecule has 0 amide bonds. The van der Waals surface area contributed by atoms with Crippen molar-refractivity contribution < 1.29 is 23.5 Å². The van der Waals surface area contributed by atoms with Gasteiger partial charge in [-0.3, -0.25) is 9.59 Å². The number of nitrogens with two attached hydrogens (primary N) is 1. The zero-order chi connectivity index (χ0) is 15.1. The number of rotatable bonds is 2. The number of ether oxygens (including phenoxy) is 2. The Hall–Kier alpha value is -2.08. The summed E-state index contributed by atoms with van der Waals surface area (Å²) in [5.74, 6) is -2.73. The second kappa shape index (κ2) is 4.79. The van der Waals surface area contributed by atoms with E-state index >= 15 is 0 Å². The van der Waals surface area contributed by atoms with E-state index in [0.717, 1.165) is 19.1 Å². The number of hydrogen-bond donors (Lipinski definition) is 1. The van der Waals surface area contributed by atoms with Gasteiger partial charge in [-0.05, 0) is 25.1 Å². The summed E-state index contributed by atoms with van der Waals surface area (Å²) in [5, 5.41) is 0.138. The molecule has 1 aliphatic heterocycles. The van der Waals surface area contributed by atoms with Gasteiger partial charge in [0.1, 0.15) is 5.82 Å². The van der Waals surface area contributed by atoms with Crippen molar-refractivity contribution >= 4 is 23.4 Å². The van der Waals surface area contributed by atoms with E-state index in [2.05, 4.69) is 0 Å². The van der Waals surface area contributed by atoms with Gasteiger partial charge in [-0.1, -0.05) is 11.6 Å². The zero-order valence-electron chi connectivity index (χ0n) is 10.7. The SMILES string of the molecule is CC(=O)OC1=C(N)OC(C)(c2cc(F)ccc2Cl)C1=O. The van der Waals surface area contributed by atoms with Crippen LogP contribution < -0.4 is 5.73 Å². The summed E-state index contributed by atoms with van der Waals surface area (Å²) < 4.78 is 23.3. The van der Waals surface area contributed by atoms with Crippen molar-refractivity contribution in [3.05, 3.63) is 46.2 Å². The molecule has 0 saturated carbocycles. The topological polar surface area (TPSA) is 78.6 Å². The Labute approximate surface area is 119 Å². The highest BCUT2D eigenvalue weighted by Gasteiger charge is 2.49. The number of Topliss-reactive ketones (excluding diaryl/α,β-unsaturated/α-hetero) is 1. The van der Waals surface area contributed by atoms with E-state index in [1.54, 1.807) is 0 Å². The molecule has 0 radical (unpaired) electrons. The van der Waals surface area contributed by atoms with Crippen molar-refractivity contribution in [1.29, 1.82) is 0 Å². The lowest BCUT2D eigenvalue weighted by Crippen LogP contribution is -2.32. The first kappa shape index (κ1) is 14.3. The standard InChI is InChI=1S/C13H11ClFNO4/c1-6(17)19-10-11(18)13(2,20-12(10)16)8-5-7(15)3-4-9(8)14/h3-5H,16H2,1-2H3. The highest BCUT2D eigenvalue weighted by molar-refractivity contribution is 6.32. The lowest BCUT2D eigenvalue weighted by molar-refractivity contribution is -0.142. The lowest BCUT2D eigenvalue weighted by Gasteiger charge is -2.23. The highest BCUT2D eigenvalue weighted by Crippen LogP contribution is 2.40. The molecule has 1 aromatic carbocycles. The number of ketones is 1. The highest BCUT2D eigenvalue weighted by atomic mass is 35.5. The third kappa shape index (κ3) is 2.22. The van der Waals surface area contributed by atoms with Crippen LogP contribution in [-0.2, 0) is 24.7 Å². The molecule has 7 heteroatoms. The van der Waals surface area contributed by atoms with E-state index in [-0.39, 0.29) is 16.5 Å². The Morgan fingerprint density at radius 1 is 1.50 bits per heavy atom. The normalized spacial score (nSPS) is 21.9. The molecular weight excluding hydrogens is 289 g/mol. The van der Waals surface area contributed by atoms with E-state index < -0.39 is 28.9 Å². The molecule has 0 fully saturated rings. The molecule has 1 unspecified atom stereocenters. The van der Waals surface area contributed by atoms with Gasteiger partial charge in [0.05, 0.1) is 0 Å². The molecule has 0 bridgehead atoms. The average molecular weight is 300 g/mol. The number of esters is 1. The summed E-state index contributed by atoms with van der Waals surface area (Å²) in [4.78, 5) is 23.3. The maximum atomic E-state index is 13.3. The molecule has 0 spiro atoms. The summed E-state index contributed by atoms with van der Waals surface area (Å²) in [6, 6.07) is 3.52. The van der Waals surface area contributed by atoms with Gasteiger partial charge in [0.15, 0.2) is 0 Å². The third-order valence-corrected chi connectivity index (χ3v) is 3.20. The summed E-state index contributed by atoms with van der Waals surface area (Å²) in [6.45, 7) is 2.50. The Bertz CT molecular complexity index is 643. The summed E-state index contributed by atoms with van der Waals surface area (Å²) in [6.07, 6.45) is 0. The van der Waals surface area contributed by atoms with Crippen LogP contribution in [0.25, 0.3) is 0 Å². The molecule has 106 valence electrons. The molecule has 1 heterocycles. The Balaban J connectivity index is 2.46. The van der Waals surface area contributed by atoms with E-state index in [4.69, 9.17) is 26.8 Å². The summed E-state index contributed by atoms with van der Waals surface area (Å²) in [5.41, 5.74) is 4.02. The smallest absolute Gasteiger partial charge is 0.308 e. The molecule has 1 aliphatic rings. The zero-order valence-corrected chi connectivity index (χ0v) is 11.5. The molecule has 0 saturated heterocycles. The first-order valence-corrected chi connectivity index (χ1v) is 6.01. The van der Waals surface area contributed by atoms with E-state index in [9.17, 15) is 14.0 Å². The van der Waals surface area contributed by atoms with Gasteiger partial charge in [0.25, 0.3) is 5.78 Å². The number of carbonyl (C=O) groups is 2. The van der Waals surface area contributed by atoms with Gasteiger partial charge in [-0.25, -0.2) is 4.39 Å². The maximum absolute atomic E-state index is 13.3. The third-order valence-electron chi connectivity index (χ3n) is 2.87. The van der Waals surface area contributed by atoms with Gasteiger partial charge in [-0.15, -0.1) is 0 Å². The number of halogens is 2. The summed E-state index contributed by atoms with van der Waals surface area (Å²) >= 11 is 5.97. The Morgan fingerprint density at radius 2 is 2.15 bits per heavy atom. The van der Waals surface area contributed by atoms with E-state index in [1.807, 2.05) is 0 Å². The molecule has 0 aromatic heterocycles. The van der Waals surface area contributed by atoms with Crippen LogP contribution >= 0.6 is 11.6 Å². The molecule has 1 atom stereocenters. The van der Waals surface area contributed by atoms with Crippen molar-refractivity contribution in [3.8, 4) is 0 Å². The second-order valence-electron chi connectivity index (χ2n) is 4.38. The lowest BCUT2D eigenvalue weighted by atomic mass is 9.91. The molecule has 20 heavy (non-hydrogen) atoms. The van der Waals surface area contributed by atoms with Gasteiger partial charge < -0.3 is 15.2 Å². The van der Waals surface area contributed by atoms with Gasteiger partial charge in [0, 0.05) is 17.5 Å². The van der Waals surface area contributed by atoms with Crippen molar-refractivity contribution in [2.75, 3.05) is 0 Å². The van der Waals surface area contributed by atoms with Crippen LogP contribution in [0.3, 0.4) is 0 Å². The molecule has 2 N–H and O–H groups in total. The fourth-order valence-corrected chi connectivity index (χ4v) is 2.22. The predicted octanol–water partition coefficient (Wildman–Crippen LogP) is 1.98. The van der Waals surface area contributed by atoms with Gasteiger partial charge in [0.2, 0.25) is 17.2 Å². The van der Waals surface area contributed by atoms with Crippen LogP contribution in [0, 0.1) is 5.82 Å². The Kier molecular flexibility index (Phi) is 3.43. The molecule has 0 aliphatic carbocycles. The molecule has 2 rings (SSSR count). The molecule has 1 aromatic rings. The first-order chi connectivity index (χ1) is 9.25. The van der Waals surface area contributed by atoms with Gasteiger partial charge in [-0.2, -0.15) is 0 Å². The van der Waals surface area contributed by atoms with Crippen LogP contribution in [0.4, 0.5) is 4.39 Å². The van der Waals surface area contributed by atoms with Gasteiger partial charge >= 0.3 is 5.97 Å². The van der Waals surface area contributed by atoms with Crippen LogP contribution in [0.5, 0.6) is 0 Å². The van der Waals surface area contributed by atoms with Crippen LogP contribution in [0.15, 0.2) is 29.8 Å². The van der Waals surface area contributed by atoms with E-state index in [0.29, 0.717) is 0 Å². The minimum Gasteiger partial charge on any atom is -0.457 e. The number of hydrogen-bond acceptors (Lipinski definition) is 5. The minimum absolute atomic E-state index is 0.106.